The molecule has 0 radical (unpaired) electrons. The number of piperazine rings is 1. The predicted molar refractivity (Wildman–Crippen MR) is 217 cm³/mol. The molecule has 0 aliphatic carbocycles. The average molecular weight is 703 g/mol. The van der Waals surface area contributed by atoms with E-state index in [0.29, 0.717) is 11.8 Å². The quantitative estimate of drug-likeness (QED) is 0.0600. The van der Waals surface area contributed by atoms with Crippen LogP contribution in [0.4, 0.5) is 5.69 Å². The van der Waals surface area contributed by atoms with Crippen molar-refractivity contribution in [2.24, 2.45) is 0 Å². The van der Waals surface area contributed by atoms with Crippen LogP contribution in [0.1, 0.15) is 128 Å². The van der Waals surface area contributed by atoms with E-state index < -0.39 is 0 Å². The van der Waals surface area contributed by atoms with Crippen LogP contribution in [-0.2, 0) is 0 Å². The van der Waals surface area contributed by atoms with Crippen LogP contribution in [-0.4, -0.2) is 54.4 Å². The van der Waals surface area contributed by atoms with Gasteiger partial charge in [0.25, 0.3) is 0 Å². The number of aromatic nitrogens is 2. The van der Waals surface area contributed by atoms with Gasteiger partial charge in [0.05, 0.1) is 6.61 Å². The third-order valence-electron chi connectivity index (χ3n) is 10.2. The molecule has 278 valence electrons. The van der Waals surface area contributed by atoms with Gasteiger partial charge in [0.2, 0.25) is 11.8 Å². The van der Waals surface area contributed by atoms with E-state index in [4.69, 9.17) is 9.15 Å². The molecule has 4 aromatic rings. The first kappa shape index (κ1) is 39.1. The van der Waals surface area contributed by atoms with Crippen LogP contribution in [0.25, 0.3) is 22.9 Å². The molecule has 6 nitrogen and oxygen atoms in total. The van der Waals surface area contributed by atoms with Crippen molar-refractivity contribution in [1.82, 2.24) is 15.1 Å². The minimum atomic E-state index is 0.495. The van der Waals surface area contributed by atoms with E-state index in [2.05, 4.69) is 70.0 Å². The van der Waals surface area contributed by atoms with Crippen LogP contribution >= 0.6 is 0 Å². The predicted octanol–water partition coefficient (Wildman–Crippen LogP) is 11.6. The number of nitrogens with zero attached hydrogens (tertiary/aromatic N) is 4. The average Bonchev–Trinajstić information content (AvgIpc) is 3.69. The molecular weight excluding hydrogens is 641 g/mol. The smallest absolute Gasteiger partial charge is 0.248 e. The minimum absolute atomic E-state index is 0.495. The Balaban J connectivity index is 1.01. The molecule has 0 spiro atoms. The fourth-order valence-electron chi connectivity index (χ4n) is 6.87. The number of unbranched alkanes of at least 4 members (excludes halogenated alkanes) is 14. The fourth-order valence-corrected chi connectivity index (χ4v) is 6.87. The van der Waals surface area contributed by atoms with Crippen LogP contribution in [0.5, 0.6) is 5.75 Å². The molecule has 6 heteroatoms. The van der Waals surface area contributed by atoms with Crippen molar-refractivity contribution in [3.63, 3.8) is 0 Å². The highest BCUT2D eigenvalue weighted by Crippen LogP contribution is 2.26. The molecule has 0 unspecified atom stereocenters. The molecule has 52 heavy (non-hydrogen) atoms. The molecule has 1 aliphatic heterocycles. The van der Waals surface area contributed by atoms with Crippen LogP contribution in [0, 0.1) is 11.8 Å². The second-order valence-corrected chi connectivity index (χ2v) is 14.4. The Morgan fingerprint density at radius 1 is 0.538 bits per heavy atom. The molecule has 1 fully saturated rings. The Hall–Kier alpha value is -4.08. The first-order valence-electron chi connectivity index (χ1n) is 20.5. The van der Waals surface area contributed by atoms with Gasteiger partial charge in [-0.05, 0) is 92.2 Å². The molecule has 0 bridgehead atoms. The summed E-state index contributed by atoms with van der Waals surface area (Å²) in [4.78, 5) is 5.15. The molecule has 0 N–H and O–H groups in total. The SMILES string of the molecule is CCCCCCCCCCOc1ccc(-c2nnc(-c3ccc(C#Cc4ccc(N5CCN(CCCCCCCCCC)CC5)cc4)cc3)o2)cc1. The maximum atomic E-state index is 6.03. The zero-order valence-electron chi connectivity index (χ0n) is 32.1. The van der Waals surface area contributed by atoms with Gasteiger partial charge in [0.15, 0.2) is 0 Å². The lowest BCUT2D eigenvalue weighted by molar-refractivity contribution is 0.252. The Kier molecular flexibility index (Phi) is 17.1. The number of hydrogen-bond acceptors (Lipinski definition) is 6. The summed E-state index contributed by atoms with van der Waals surface area (Å²) >= 11 is 0. The zero-order valence-corrected chi connectivity index (χ0v) is 32.1. The third kappa shape index (κ3) is 13.5. The maximum Gasteiger partial charge on any atom is 0.248 e. The number of rotatable bonds is 22. The molecule has 5 rings (SSSR count). The van der Waals surface area contributed by atoms with Gasteiger partial charge in [-0.15, -0.1) is 10.2 Å². The highest BCUT2D eigenvalue weighted by atomic mass is 16.5. The van der Waals surface area contributed by atoms with Crippen molar-refractivity contribution in [3.05, 3.63) is 83.9 Å². The van der Waals surface area contributed by atoms with E-state index in [1.807, 2.05) is 48.5 Å². The molecular formula is C46H62N4O2. The van der Waals surface area contributed by atoms with Crippen LogP contribution in [0.2, 0.25) is 0 Å². The largest absolute Gasteiger partial charge is 0.494 e. The van der Waals surface area contributed by atoms with Gasteiger partial charge in [0, 0.05) is 54.1 Å². The van der Waals surface area contributed by atoms with Gasteiger partial charge in [-0.3, -0.25) is 4.90 Å². The lowest BCUT2D eigenvalue weighted by atomic mass is 10.1. The normalized spacial score (nSPS) is 13.2. The van der Waals surface area contributed by atoms with Crippen molar-refractivity contribution in [1.29, 1.82) is 0 Å². The monoisotopic (exact) mass is 702 g/mol. The highest BCUT2D eigenvalue weighted by Gasteiger charge is 2.17. The third-order valence-corrected chi connectivity index (χ3v) is 10.2. The Morgan fingerprint density at radius 3 is 1.54 bits per heavy atom. The lowest BCUT2D eigenvalue weighted by Gasteiger charge is -2.36. The Bertz CT molecular complexity index is 1590. The first-order valence-corrected chi connectivity index (χ1v) is 20.5. The zero-order chi connectivity index (χ0) is 36.1. The van der Waals surface area contributed by atoms with Gasteiger partial charge < -0.3 is 14.1 Å². The standard InChI is InChI=1S/C46H62N4O2/c1-3-5-7-9-11-13-15-17-33-49-34-36-50(37-35-49)43-29-23-40(24-30-43)20-19-39-21-25-41(26-22-39)45-47-48-46(52-45)42-27-31-44(32-28-42)51-38-18-16-14-12-10-8-6-4-2/h21-32H,3-18,33-38H2,1-2H3. The van der Waals surface area contributed by atoms with Crippen molar-refractivity contribution in [2.75, 3.05) is 44.2 Å². The van der Waals surface area contributed by atoms with Gasteiger partial charge in [-0.2, -0.15) is 0 Å². The molecule has 0 amide bonds. The van der Waals surface area contributed by atoms with Crippen molar-refractivity contribution < 1.29 is 9.15 Å². The van der Waals surface area contributed by atoms with E-state index in [-0.39, 0.29) is 0 Å². The van der Waals surface area contributed by atoms with E-state index in [1.54, 1.807) is 0 Å². The summed E-state index contributed by atoms with van der Waals surface area (Å²) in [5.41, 5.74) is 5.01. The second kappa shape index (κ2) is 22.8. The number of anilines is 1. The van der Waals surface area contributed by atoms with Crippen molar-refractivity contribution >= 4 is 5.69 Å². The topological polar surface area (TPSA) is 54.6 Å². The Morgan fingerprint density at radius 2 is 1.00 bits per heavy atom. The van der Waals surface area contributed by atoms with Crippen molar-refractivity contribution in [3.8, 4) is 40.5 Å². The maximum absolute atomic E-state index is 6.03. The van der Waals surface area contributed by atoms with Crippen LogP contribution < -0.4 is 9.64 Å². The number of ether oxygens (including phenoxy) is 1. The van der Waals surface area contributed by atoms with E-state index in [0.717, 1.165) is 67.2 Å². The lowest BCUT2D eigenvalue weighted by Crippen LogP contribution is -2.46. The molecule has 2 heterocycles. The van der Waals surface area contributed by atoms with Gasteiger partial charge >= 0.3 is 0 Å². The van der Waals surface area contributed by atoms with Gasteiger partial charge in [0.1, 0.15) is 5.75 Å². The molecule has 1 aromatic heterocycles. The summed E-state index contributed by atoms with van der Waals surface area (Å²) in [5, 5.41) is 8.59. The van der Waals surface area contributed by atoms with E-state index >= 15 is 0 Å². The van der Waals surface area contributed by atoms with Gasteiger partial charge in [-0.25, -0.2) is 0 Å². The van der Waals surface area contributed by atoms with Crippen molar-refractivity contribution in [2.45, 2.75) is 117 Å². The summed E-state index contributed by atoms with van der Waals surface area (Å²) in [6, 6.07) is 24.6. The van der Waals surface area contributed by atoms with Crippen LogP contribution in [0.15, 0.2) is 77.2 Å². The number of hydrogen-bond donors (Lipinski definition) is 0. The fraction of sp³-hybridized carbons (Fsp3) is 0.522. The highest BCUT2D eigenvalue weighted by molar-refractivity contribution is 5.60. The molecule has 0 saturated carbocycles. The second-order valence-electron chi connectivity index (χ2n) is 14.4. The van der Waals surface area contributed by atoms with Crippen LogP contribution in [0.3, 0.4) is 0 Å². The summed E-state index contributed by atoms with van der Waals surface area (Å²) in [7, 11) is 0. The molecule has 1 saturated heterocycles. The number of benzene rings is 3. The summed E-state index contributed by atoms with van der Waals surface area (Å²) in [6.07, 6.45) is 21.5. The van der Waals surface area contributed by atoms with E-state index in [1.165, 1.54) is 109 Å². The molecule has 3 aromatic carbocycles. The molecule has 0 atom stereocenters. The summed E-state index contributed by atoms with van der Waals surface area (Å²) < 4.78 is 12.0. The Labute approximate surface area is 314 Å². The van der Waals surface area contributed by atoms with Gasteiger partial charge in [-0.1, -0.05) is 116 Å². The summed E-state index contributed by atoms with van der Waals surface area (Å²) in [5.74, 6) is 8.50. The van der Waals surface area contributed by atoms with E-state index in [9.17, 15) is 0 Å². The summed E-state index contributed by atoms with van der Waals surface area (Å²) in [6.45, 7) is 11.0. The first-order chi connectivity index (χ1) is 25.7. The minimum Gasteiger partial charge on any atom is -0.494 e. The molecule has 1 aliphatic rings.